The summed E-state index contributed by atoms with van der Waals surface area (Å²) >= 11 is 6.27. The molecule has 198 valence electrons. The van der Waals surface area contributed by atoms with E-state index in [2.05, 4.69) is 54.3 Å². The number of nitrogens with one attached hydrogen (secondary N) is 2. The lowest BCUT2D eigenvalue weighted by atomic mass is 9.81. The molecule has 1 atom stereocenters. The highest BCUT2D eigenvalue weighted by molar-refractivity contribution is 6.47. The minimum atomic E-state index is -0.239. The quantitative estimate of drug-likeness (QED) is 0.398. The van der Waals surface area contributed by atoms with Crippen LogP contribution in [0.2, 0.25) is 5.02 Å². The number of hydrogen-bond acceptors (Lipinski definition) is 4. The van der Waals surface area contributed by atoms with Gasteiger partial charge in [-0.15, -0.1) is 0 Å². The van der Waals surface area contributed by atoms with Crippen molar-refractivity contribution in [3.05, 3.63) is 75.8 Å². The molecule has 0 aromatic heterocycles. The molecule has 3 rings (SSSR count). The van der Waals surface area contributed by atoms with Crippen molar-refractivity contribution in [1.29, 1.82) is 0 Å². The fourth-order valence-electron chi connectivity index (χ4n) is 4.77. The molecule has 2 aromatic carbocycles. The van der Waals surface area contributed by atoms with Gasteiger partial charge in [0, 0.05) is 43.3 Å². The molecule has 0 saturated carbocycles. The molecule has 0 radical (unpaired) electrons. The molecule has 37 heavy (non-hydrogen) atoms. The zero-order valence-corrected chi connectivity index (χ0v) is 23.4. The van der Waals surface area contributed by atoms with Crippen molar-refractivity contribution in [2.45, 2.75) is 53.0 Å². The van der Waals surface area contributed by atoms with Crippen molar-refractivity contribution in [2.75, 3.05) is 32.0 Å². The summed E-state index contributed by atoms with van der Waals surface area (Å²) in [5, 5.41) is 6.56. The number of halogens is 1. The highest BCUT2D eigenvalue weighted by Crippen LogP contribution is 2.34. The highest BCUT2D eigenvalue weighted by atomic mass is 35.5. The minimum absolute atomic E-state index is 0.0578. The molecule has 0 aliphatic carbocycles. The van der Waals surface area contributed by atoms with E-state index in [1.165, 1.54) is 11.1 Å². The number of carbonyl (C=O) groups is 2. The second-order valence-corrected chi connectivity index (χ2v) is 10.5. The number of allylic oxidation sites excluding steroid dienone is 1. The molecule has 2 N–H and O–H groups in total. The lowest BCUT2D eigenvalue weighted by molar-refractivity contribution is -0.124. The van der Waals surface area contributed by atoms with E-state index in [1.54, 1.807) is 7.05 Å². The van der Waals surface area contributed by atoms with E-state index in [4.69, 9.17) is 11.6 Å². The third-order valence-electron chi connectivity index (χ3n) is 6.69. The van der Waals surface area contributed by atoms with E-state index < -0.39 is 0 Å². The second-order valence-electron chi connectivity index (χ2n) is 10.1. The number of rotatable bonds is 10. The first-order valence-electron chi connectivity index (χ1n) is 13.0. The van der Waals surface area contributed by atoms with Crippen LogP contribution in [0.5, 0.6) is 0 Å². The number of nitrogens with zero attached hydrogens (tertiary/aromatic N) is 2. The van der Waals surface area contributed by atoms with Crippen molar-refractivity contribution in [2.24, 2.45) is 10.9 Å². The molecule has 6 nitrogen and oxygen atoms in total. The third-order valence-corrected chi connectivity index (χ3v) is 6.93. The Balaban J connectivity index is 1.73. The van der Waals surface area contributed by atoms with Crippen molar-refractivity contribution >= 4 is 34.8 Å². The summed E-state index contributed by atoms with van der Waals surface area (Å²) in [7, 11) is 1.65. The maximum Gasteiger partial charge on any atom is 0.273 e. The van der Waals surface area contributed by atoms with Crippen molar-refractivity contribution < 1.29 is 9.59 Å². The lowest BCUT2D eigenvalue weighted by Crippen LogP contribution is -2.47. The molecule has 1 aliphatic heterocycles. The van der Waals surface area contributed by atoms with Gasteiger partial charge in [-0.2, -0.15) is 0 Å². The van der Waals surface area contributed by atoms with Crippen LogP contribution in [-0.2, 0) is 22.6 Å². The van der Waals surface area contributed by atoms with Gasteiger partial charge in [0.1, 0.15) is 5.71 Å². The maximum atomic E-state index is 13.1. The van der Waals surface area contributed by atoms with Gasteiger partial charge in [-0.3, -0.25) is 19.5 Å². The van der Waals surface area contributed by atoms with Gasteiger partial charge in [-0.25, -0.2) is 0 Å². The number of carbonyl (C=O) groups excluding carboxylic acids is 2. The molecule has 0 bridgehead atoms. The molecule has 0 spiro atoms. The summed E-state index contributed by atoms with van der Waals surface area (Å²) in [4.78, 5) is 31.1. The fourth-order valence-corrected chi connectivity index (χ4v) is 4.97. The van der Waals surface area contributed by atoms with E-state index in [-0.39, 0.29) is 17.7 Å². The molecular weight excluding hydrogens is 484 g/mol. The Kier molecular flexibility index (Phi) is 10.5. The van der Waals surface area contributed by atoms with Crippen molar-refractivity contribution in [1.82, 2.24) is 10.2 Å². The first-order valence-corrected chi connectivity index (χ1v) is 13.4. The van der Waals surface area contributed by atoms with Crippen LogP contribution in [0.3, 0.4) is 0 Å². The standard InChI is InChI=1S/C30H39ClN4O2/c1-6-23-17-24(31)9-12-26(23)27(15-20(2)3)21(4)16-28(32-5)30(37)34-25-10-7-22(8-11-25)18-35-14-13-33-29(36)19-35/h7-12,16-17,20,27H,6,13-15,18-19H2,1-5H3,(H,33,36)(H,34,37)/b21-16+,32-28?. The van der Waals surface area contributed by atoms with E-state index in [1.807, 2.05) is 42.5 Å². The SMILES string of the molecule is CCc1cc(Cl)ccc1C(CC(C)C)/C(C)=C/C(=NC)C(=O)Nc1ccc(CN2CCNC(=O)C2)cc1. The molecule has 1 unspecified atom stereocenters. The molecule has 1 aliphatic rings. The molecule has 7 heteroatoms. The molecule has 2 aromatic rings. The summed E-state index contributed by atoms with van der Waals surface area (Å²) in [5.74, 6) is 0.482. The average Bonchev–Trinajstić information content (AvgIpc) is 2.86. The number of piperazine rings is 1. The van der Waals surface area contributed by atoms with E-state index >= 15 is 0 Å². The Labute approximate surface area is 226 Å². The summed E-state index contributed by atoms with van der Waals surface area (Å²) in [6, 6.07) is 13.9. The number of amides is 2. The summed E-state index contributed by atoms with van der Waals surface area (Å²) in [6.45, 7) is 11.3. The van der Waals surface area contributed by atoms with Crippen LogP contribution >= 0.6 is 11.6 Å². The topological polar surface area (TPSA) is 73.8 Å². The van der Waals surface area contributed by atoms with Gasteiger partial charge >= 0.3 is 0 Å². The molecular formula is C30H39ClN4O2. The van der Waals surface area contributed by atoms with E-state index in [9.17, 15) is 9.59 Å². The molecule has 2 amide bonds. The Morgan fingerprint density at radius 2 is 1.95 bits per heavy atom. The third kappa shape index (κ3) is 8.27. The Morgan fingerprint density at radius 1 is 1.22 bits per heavy atom. The highest BCUT2D eigenvalue weighted by Gasteiger charge is 2.21. The van der Waals surface area contributed by atoms with Crippen LogP contribution in [0.25, 0.3) is 0 Å². The smallest absolute Gasteiger partial charge is 0.273 e. The van der Waals surface area contributed by atoms with Gasteiger partial charge in [0.05, 0.1) is 6.54 Å². The zero-order chi connectivity index (χ0) is 26.9. The van der Waals surface area contributed by atoms with Gasteiger partial charge in [0.2, 0.25) is 5.91 Å². The monoisotopic (exact) mass is 522 g/mol. The van der Waals surface area contributed by atoms with Crippen LogP contribution in [-0.4, -0.2) is 49.1 Å². The lowest BCUT2D eigenvalue weighted by Gasteiger charge is -2.26. The predicted octanol–water partition coefficient (Wildman–Crippen LogP) is 5.62. The van der Waals surface area contributed by atoms with Gasteiger partial charge in [0.25, 0.3) is 5.91 Å². The minimum Gasteiger partial charge on any atom is -0.354 e. The number of benzene rings is 2. The first kappa shape index (κ1) is 28.6. The molecule has 1 fully saturated rings. The van der Waals surface area contributed by atoms with Crippen LogP contribution in [0, 0.1) is 5.92 Å². The summed E-state index contributed by atoms with van der Waals surface area (Å²) < 4.78 is 0. The number of anilines is 1. The predicted molar refractivity (Wildman–Crippen MR) is 154 cm³/mol. The number of aryl methyl sites for hydroxylation is 1. The second kappa shape index (κ2) is 13.5. The van der Waals surface area contributed by atoms with Gasteiger partial charge < -0.3 is 10.6 Å². The number of hydrogen-bond donors (Lipinski definition) is 2. The van der Waals surface area contributed by atoms with Crippen molar-refractivity contribution in [3.63, 3.8) is 0 Å². The van der Waals surface area contributed by atoms with Crippen molar-refractivity contribution in [3.8, 4) is 0 Å². The largest absolute Gasteiger partial charge is 0.354 e. The van der Waals surface area contributed by atoms with Gasteiger partial charge in [-0.1, -0.05) is 56.1 Å². The number of aliphatic imine (C=N–C) groups is 1. The summed E-state index contributed by atoms with van der Waals surface area (Å²) in [6.07, 6.45) is 3.77. The molecule has 1 saturated heterocycles. The summed E-state index contributed by atoms with van der Waals surface area (Å²) in [5.41, 5.74) is 5.78. The normalized spacial score (nSPS) is 16.0. The Hall–Kier alpha value is -2.96. The molecule has 1 heterocycles. The maximum absolute atomic E-state index is 13.1. The van der Waals surface area contributed by atoms with E-state index in [0.29, 0.717) is 37.0 Å². The average molecular weight is 523 g/mol. The Bertz CT molecular complexity index is 1150. The Morgan fingerprint density at radius 3 is 2.57 bits per heavy atom. The van der Waals surface area contributed by atoms with Crippen LogP contribution in [0.4, 0.5) is 5.69 Å². The first-order chi connectivity index (χ1) is 17.7. The van der Waals surface area contributed by atoms with E-state index in [0.717, 1.165) is 35.5 Å². The van der Waals surface area contributed by atoms with Crippen LogP contribution < -0.4 is 10.6 Å². The fraction of sp³-hybridized carbons (Fsp3) is 0.433. The van der Waals surface area contributed by atoms with Gasteiger partial charge in [0.15, 0.2) is 0 Å². The van der Waals surface area contributed by atoms with Gasteiger partial charge in [-0.05, 0) is 72.7 Å². The zero-order valence-electron chi connectivity index (χ0n) is 22.6. The van der Waals surface area contributed by atoms with Crippen LogP contribution in [0.15, 0.2) is 59.1 Å². The van der Waals surface area contributed by atoms with Crippen LogP contribution in [0.1, 0.15) is 56.7 Å².